The highest BCUT2D eigenvalue weighted by Gasteiger charge is 2.18. The number of hydrogen-bond acceptors (Lipinski definition) is 7. The van der Waals surface area contributed by atoms with E-state index in [2.05, 4.69) is 15.5 Å². The SMILES string of the molecule is CCOC(=O)c1nnnn1Cc1cc(OC)ccc1OC. The molecule has 0 aliphatic rings. The first kappa shape index (κ1) is 14.8. The Labute approximate surface area is 121 Å². The van der Waals surface area contributed by atoms with E-state index in [0.29, 0.717) is 11.5 Å². The zero-order valence-electron chi connectivity index (χ0n) is 12.1. The van der Waals surface area contributed by atoms with Crippen LogP contribution in [0.2, 0.25) is 0 Å². The summed E-state index contributed by atoms with van der Waals surface area (Å²) < 4.78 is 16.7. The Balaban J connectivity index is 2.30. The third-order valence-corrected chi connectivity index (χ3v) is 2.80. The van der Waals surface area contributed by atoms with Crippen molar-refractivity contribution in [2.24, 2.45) is 0 Å². The fourth-order valence-corrected chi connectivity index (χ4v) is 1.82. The summed E-state index contributed by atoms with van der Waals surface area (Å²) in [4.78, 5) is 11.8. The molecule has 0 saturated heterocycles. The van der Waals surface area contributed by atoms with Gasteiger partial charge in [0.2, 0.25) is 0 Å². The third-order valence-electron chi connectivity index (χ3n) is 2.80. The Hall–Kier alpha value is -2.64. The molecule has 112 valence electrons. The first-order chi connectivity index (χ1) is 10.2. The lowest BCUT2D eigenvalue weighted by atomic mass is 10.2. The lowest BCUT2D eigenvalue weighted by molar-refractivity contribution is 0.0505. The molecule has 0 spiro atoms. The van der Waals surface area contributed by atoms with E-state index in [1.54, 1.807) is 39.3 Å². The fourth-order valence-electron chi connectivity index (χ4n) is 1.82. The molecule has 2 rings (SSSR count). The Bertz CT molecular complexity index is 626. The van der Waals surface area contributed by atoms with E-state index in [1.165, 1.54) is 4.68 Å². The molecule has 0 N–H and O–H groups in total. The van der Waals surface area contributed by atoms with Crippen molar-refractivity contribution in [2.75, 3.05) is 20.8 Å². The molecule has 21 heavy (non-hydrogen) atoms. The van der Waals surface area contributed by atoms with Gasteiger partial charge in [-0.25, -0.2) is 9.48 Å². The molecule has 2 aromatic rings. The van der Waals surface area contributed by atoms with Gasteiger partial charge in [-0.05, 0) is 35.5 Å². The topological polar surface area (TPSA) is 88.4 Å². The summed E-state index contributed by atoms with van der Waals surface area (Å²) in [5, 5.41) is 11.0. The molecule has 0 fully saturated rings. The molecule has 0 aliphatic heterocycles. The molecule has 0 aliphatic carbocycles. The van der Waals surface area contributed by atoms with Crippen molar-refractivity contribution in [3.63, 3.8) is 0 Å². The van der Waals surface area contributed by atoms with E-state index >= 15 is 0 Å². The molecule has 1 aromatic heterocycles. The number of aromatic nitrogens is 4. The molecule has 0 unspecified atom stereocenters. The zero-order valence-corrected chi connectivity index (χ0v) is 12.1. The number of rotatable bonds is 6. The van der Waals surface area contributed by atoms with Gasteiger partial charge in [0, 0.05) is 5.56 Å². The van der Waals surface area contributed by atoms with Crippen LogP contribution in [-0.4, -0.2) is 47.0 Å². The Morgan fingerprint density at radius 2 is 2.10 bits per heavy atom. The minimum atomic E-state index is -0.565. The number of ether oxygens (including phenoxy) is 3. The molecule has 0 atom stereocenters. The van der Waals surface area contributed by atoms with Gasteiger partial charge < -0.3 is 14.2 Å². The average Bonchev–Trinajstić information content (AvgIpc) is 2.95. The maximum Gasteiger partial charge on any atom is 0.378 e. The largest absolute Gasteiger partial charge is 0.497 e. The van der Waals surface area contributed by atoms with Crippen LogP contribution in [0.4, 0.5) is 0 Å². The Morgan fingerprint density at radius 3 is 2.76 bits per heavy atom. The lowest BCUT2D eigenvalue weighted by Crippen LogP contribution is -2.15. The number of esters is 1. The Kier molecular flexibility index (Phi) is 4.70. The van der Waals surface area contributed by atoms with Crippen LogP contribution >= 0.6 is 0 Å². The average molecular weight is 292 g/mol. The first-order valence-electron chi connectivity index (χ1n) is 6.33. The normalized spacial score (nSPS) is 10.2. The minimum absolute atomic E-state index is 0.0433. The number of carbonyl (C=O) groups excluding carboxylic acids is 1. The van der Waals surface area contributed by atoms with Crippen LogP contribution in [0.1, 0.15) is 23.1 Å². The van der Waals surface area contributed by atoms with Gasteiger partial charge in [0.15, 0.2) is 0 Å². The van der Waals surface area contributed by atoms with Gasteiger partial charge in [-0.3, -0.25) is 0 Å². The summed E-state index contributed by atoms with van der Waals surface area (Å²) in [6, 6.07) is 5.37. The van der Waals surface area contributed by atoms with E-state index in [4.69, 9.17) is 14.2 Å². The van der Waals surface area contributed by atoms with Crippen molar-refractivity contribution in [3.8, 4) is 11.5 Å². The standard InChI is InChI=1S/C13H16N4O4/c1-4-21-13(18)12-14-15-16-17(12)8-9-7-10(19-2)5-6-11(9)20-3/h5-7H,4,8H2,1-3H3. The highest BCUT2D eigenvalue weighted by Crippen LogP contribution is 2.24. The van der Waals surface area contributed by atoms with Crippen molar-refractivity contribution in [3.05, 3.63) is 29.6 Å². The van der Waals surface area contributed by atoms with Crippen molar-refractivity contribution < 1.29 is 19.0 Å². The van der Waals surface area contributed by atoms with Crippen molar-refractivity contribution in [2.45, 2.75) is 13.5 Å². The van der Waals surface area contributed by atoms with Crippen LogP contribution in [0.15, 0.2) is 18.2 Å². The highest BCUT2D eigenvalue weighted by molar-refractivity contribution is 5.85. The number of benzene rings is 1. The molecule has 0 saturated carbocycles. The van der Waals surface area contributed by atoms with Gasteiger partial charge >= 0.3 is 5.97 Å². The number of methoxy groups -OCH3 is 2. The molecular formula is C13H16N4O4. The van der Waals surface area contributed by atoms with Gasteiger partial charge in [-0.2, -0.15) is 0 Å². The predicted molar refractivity (Wildman–Crippen MR) is 72.4 cm³/mol. The molecule has 1 heterocycles. The quantitative estimate of drug-likeness (QED) is 0.731. The summed E-state index contributed by atoms with van der Waals surface area (Å²) >= 11 is 0. The molecule has 0 amide bonds. The molecule has 8 heteroatoms. The molecular weight excluding hydrogens is 276 g/mol. The number of carbonyl (C=O) groups is 1. The summed E-state index contributed by atoms with van der Waals surface area (Å²) in [7, 11) is 3.14. The second-order valence-corrected chi connectivity index (χ2v) is 4.06. The fraction of sp³-hybridized carbons (Fsp3) is 0.385. The molecule has 0 radical (unpaired) electrons. The number of nitrogens with zero attached hydrogens (tertiary/aromatic N) is 4. The first-order valence-corrected chi connectivity index (χ1v) is 6.33. The van der Waals surface area contributed by atoms with E-state index in [9.17, 15) is 4.79 Å². The van der Waals surface area contributed by atoms with Crippen LogP contribution in [0, 0.1) is 0 Å². The summed E-state index contributed by atoms with van der Waals surface area (Å²) in [6.45, 7) is 2.24. The lowest BCUT2D eigenvalue weighted by Gasteiger charge is -2.11. The summed E-state index contributed by atoms with van der Waals surface area (Å²) in [5.41, 5.74) is 0.787. The van der Waals surface area contributed by atoms with Gasteiger partial charge in [-0.15, -0.1) is 5.10 Å². The van der Waals surface area contributed by atoms with E-state index in [0.717, 1.165) is 5.56 Å². The minimum Gasteiger partial charge on any atom is -0.497 e. The zero-order chi connectivity index (χ0) is 15.2. The Morgan fingerprint density at radius 1 is 1.29 bits per heavy atom. The van der Waals surface area contributed by atoms with Gasteiger partial charge in [0.05, 0.1) is 27.4 Å². The van der Waals surface area contributed by atoms with Crippen molar-refractivity contribution in [1.29, 1.82) is 0 Å². The van der Waals surface area contributed by atoms with Crippen LogP contribution < -0.4 is 9.47 Å². The smallest absolute Gasteiger partial charge is 0.378 e. The monoisotopic (exact) mass is 292 g/mol. The van der Waals surface area contributed by atoms with E-state index in [1.807, 2.05) is 0 Å². The highest BCUT2D eigenvalue weighted by atomic mass is 16.5. The van der Waals surface area contributed by atoms with Gasteiger partial charge in [0.1, 0.15) is 11.5 Å². The van der Waals surface area contributed by atoms with Crippen molar-refractivity contribution in [1.82, 2.24) is 20.2 Å². The maximum atomic E-state index is 11.8. The van der Waals surface area contributed by atoms with Crippen molar-refractivity contribution >= 4 is 5.97 Å². The van der Waals surface area contributed by atoms with Gasteiger partial charge in [0.25, 0.3) is 5.82 Å². The summed E-state index contributed by atoms with van der Waals surface area (Å²) in [5.74, 6) is 0.809. The van der Waals surface area contributed by atoms with Crippen LogP contribution in [0.5, 0.6) is 11.5 Å². The van der Waals surface area contributed by atoms with E-state index < -0.39 is 5.97 Å². The number of tetrazole rings is 1. The molecule has 1 aromatic carbocycles. The molecule has 8 nitrogen and oxygen atoms in total. The van der Waals surface area contributed by atoms with Crippen LogP contribution in [0.3, 0.4) is 0 Å². The van der Waals surface area contributed by atoms with Gasteiger partial charge in [-0.1, -0.05) is 0 Å². The predicted octanol–water partition coefficient (Wildman–Crippen LogP) is 0.915. The summed E-state index contributed by atoms with van der Waals surface area (Å²) in [6.07, 6.45) is 0. The van der Waals surface area contributed by atoms with Crippen LogP contribution in [-0.2, 0) is 11.3 Å². The maximum absolute atomic E-state index is 11.8. The number of hydrogen-bond donors (Lipinski definition) is 0. The molecule has 0 bridgehead atoms. The van der Waals surface area contributed by atoms with Crippen LogP contribution in [0.25, 0.3) is 0 Å². The third kappa shape index (κ3) is 3.28. The second-order valence-electron chi connectivity index (χ2n) is 4.06. The second kappa shape index (κ2) is 6.69. The van der Waals surface area contributed by atoms with E-state index in [-0.39, 0.29) is 19.0 Å².